The Balaban J connectivity index is 1.50. The van der Waals surface area contributed by atoms with Gasteiger partial charge >= 0.3 is 5.69 Å². The van der Waals surface area contributed by atoms with Crippen LogP contribution in [0, 0.1) is 18.6 Å². The number of rotatable bonds is 5. The van der Waals surface area contributed by atoms with Gasteiger partial charge in [-0.2, -0.15) is 4.98 Å². The number of carbonyl (C=O) groups excluding carboxylic acids is 1. The third-order valence-corrected chi connectivity index (χ3v) is 10.5. The van der Waals surface area contributed by atoms with Crippen molar-refractivity contribution in [2.24, 2.45) is 0 Å². The van der Waals surface area contributed by atoms with Crippen LogP contribution in [0.5, 0.6) is 0 Å². The van der Waals surface area contributed by atoms with E-state index in [1.54, 1.807) is 21.2 Å². The molecule has 1 atom stereocenters. The van der Waals surface area contributed by atoms with Crippen molar-refractivity contribution in [1.29, 1.82) is 0 Å². The average Bonchev–Trinajstić information content (AvgIpc) is 3.22. The zero-order valence-corrected chi connectivity index (χ0v) is 26.0. The van der Waals surface area contributed by atoms with E-state index < -0.39 is 11.6 Å². The van der Waals surface area contributed by atoms with E-state index in [-0.39, 0.29) is 28.2 Å². The summed E-state index contributed by atoms with van der Waals surface area (Å²) >= 11 is 7.77. The van der Waals surface area contributed by atoms with Crippen molar-refractivity contribution in [3.05, 3.63) is 63.6 Å². The molecule has 0 N–H and O–H groups in total. The minimum Gasteiger partial charge on any atom is -0.352 e. The van der Waals surface area contributed by atoms with E-state index in [2.05, 4.69) is 28.3 Å². The lowest BCUT2D eigenvalue weighted by Crippen LogP contribution is -2.52. The molecule has 4 heterocycles. The third kappa shape index (κ3) is 5.56. The molecule has 0 bridgehead atoms. The number of piperazine rings is 2. The summed E-state index contributed by atoms with van der Waals surface area (Å²) in [6.07, 6.45) is 1.31. The summed E-state index contributed by atoms with van der Waals surface area (Å²) < 4.78 is 31.3. The molecule has 43 heavy (non-hydrogen) atoms. The number of amides is 1. The van der Waals surface area contributed by atoms with Crippen LogP contribution in [0.25, 0.3) is 22.0 Å². The smallest absolute Gasteiger partial charge is 0.350 e. The van der Waals surface area contributed by atoms with Crippen molar-refractivity contribution in [3.8, 4) is 11.1 Å². The number of nitrogens with zero attached hydrogens (tertiary/aromatic N) is 6. The molecule has 8 nitrogen and oxygen atoms in total. The first-order valence-corrected chi connectivity index (χ1v) is 16.0. The van der Waals surface area contributed by atoms with Gasteiger partial charge in [0.15, 0.2) is 0 Å². The standard InChI is InChI=1S/C31H35ClF2N6O2S/c1-4-26(41)38-10-12-39(13-11-38)30-22-14-19(3)27(21-15-23(32)25(34)16-24(21)33)29-28(22)40(31(42)35-30)17-20(18-43-29)37-8-6-36(5-2)7-9-37/h4,14-16,20H,1,5-13,17-18H2,2-3H3. The molecule has 0 aliphatic carbocycles. The van der Waals surface area contributed by atoms with Crippen LogP contribution in [-0.2, 0) is 11.3 Å². The predicted molar refractivity (Wildman–Crippen MR) is 168 cm³/mol. The summed E-state index contributed by atoms with van der Waals surface area (Å²) in [5.41, 5.74) is 1.94. The lowest BCUT2D eigenvalue weighted by Gasteiger charge is -2.38. The van der Waals surface area contributed by atoms with E-state index in [1.807, 2.05) is 17.9 Å². The Hall–Kier alpha value is -2.99. The maximum absolute atomic E-state index is 15.4. The zero-order valence-electron chi connectivity index (χ0n) is 24.4. The first-order chi connectivity index (χ1) is 20.7. The SMILES string of the molecule is C=CC(=O)N1CCN(c2nc(=O)n3c4c(c(-c5cc(Cl)c(F)cc5F)c(C)cc24)SCC(N2CCN(CC)CC2)C3)CC1. The Morgan fingerprint density at radius 3 is 2.49 bits per heavy atom. The first-order valence-electron chi connectivity index (χ1n) is 14.7. The second kappa shape index (κ2) is 12.2. The number of benzene rings is 2. The quantitative estimate of drug-likeness (QED) is 0.309. The predicted octanol–water partition coefficient (Wildman–Crippen LogP) is 4.25. The van der Waals surface area contributed by atoms with Gasteiger partial charge in [0, 0.05) is 98.2 Å². The highest BCUT2D eigenvalue weighted by atomic mass is 35.5. The lowest BCUT2D eigenvalue weighted by molar-refractivity contribution is -0.126. The fourth-order valence-electron chi connectivity index (χ4n) is 6.50. The molecule has 1 aromatic heterocycles. The Morgan fingerprint density at radius 1 is 1.09 bits per heavy atom. The summed E-state index contributed by atoms with van der Waals surface area (Å²) in [4.78, 5) is 40.1. The number of likely N-dealkylation sites (N-methyl/N-ethyl adjacent to an activating group) is 1. The molecule has 2 fully saturated rings. The molecule has 1 amide bonds. The number of aryl methyl sites for hydroxylation is 1. The molecule has 3 aliphatic rings. The molecule has 1 unspecified atom stereocenters. The first kappa shape index (κ1) is 30.1. The number of hydrogen-bond donors (Lipinski definition) is 0. The second-order valence-corrected chi connectivity index (χ2v) is 12.8. The molecule has 6 rings (SSSR count). The maximum Gasteiger partial charge on any atom is 0.350 e. The molecule has 0 spiro atoms. The molecule has 12 heteroatoms. The van der Waals surface area contributed by atoms with Crippen LogP contribution < -0.4 is 10.6 Å². The molecule has 2 saturated heterocycles. The highest BCUT2D eigenvalue weighted by Gasteiger charge is 2.32. The van der Waals surface area contributed by atoms with Crippen LogP contribution in [0.3, 0.4) is 0 Å². The van der Waals surface area contributed by atoms with Gasteiger partial charge in [0.05, 0.1) is 10.5 Å². The number of thioether (sulfide) groups is 1. The van der Waals surface area contributed by atoms with E-state index in [0.29, 0.717) is 55.4 Å². The summed E-state index contributed by atoms with van der Waals surface area (Å²) in [6, 6.07) is 4.18. The number of anilines is 1. The molecule has 3 aliphatic heterocycles. The van der Waals surface area contributed by atoms with Crippen molar-refractivity contribution in [2.45, 2.75) is 31.3 Å². The van der Waals surface area contributed by atoms with E-state index in [0.717, 1.165) is 54.6 Å². The largest absolute Gasteiger partial charge is 0.352 e. The van der Waals surface area contributed by atoms with Gasteiger partial charge in [0.25, 0.3) is 0 Å². The number of carbonyl (C=O) groups is 1. The highest BCUT2D eigenvalue weighted by molar-refractivity contribution is 7.99. The monoisotopic (exact) mass is 628 g/mol. The van der Waals surface area contributed by atoms with E-state index in [9.17, 15) is 14.0 Å². The second-order valence-electron chi connectivity index (χ2n) is 11.3. The van der Waals surface area contributed by atoms with Crippen LogP contribution in [-0.4, -0.2) is 101 Å². The van der Waals surface area contributed by atoms with Crippen molar-refractivity contribution >= 4 is 46.0 Å². The fraction of sp³-hybridized carbons (Fsp3) is 0.452. The number of aromatic nitrogens is 2. The summed E-state index contributed by atoms with van der Waals surface area (Å²) in [7, 11) is 0. The minimum atomic E-state index is -0.816. The van der Waals surface area contributed by atoms with E-state index in [4.69, 9.17) is 11.6 Å². The third-order valence-electron chi connectivity index (χ3n) is 8.92. The molecule has 228 valence electrons. The summed E-state index contributed by atoms with van der Waals surface area (Å²) in [6.45, 7) is 14.9. The van der Waals surface area contributed by atoms with Crippen molar-refractivity contribution in [1.82, 2.24) is 24.3 Å². The molecular weight excluding hydrogens is 594 g/mol. The van der Waals surface area contributed by atoms with Crippen LogP contribution in [0.2, 0.25) is 5.02 Å². The van der Waals surface area contributed by atoms with E-state index in [1.165, 1.54) is 12.1 Å². The normalized spacial score (nSPS) is 20.0. The van der Waals surface area contributed by atoms with Gasteiger partial charge in [-0.05, 0) is 37.2 Å². The Morgan fingerprint density at radius 2 is 1.81 bits per heavy atom. The molecule has 2 aromatic carbocycles. The van der Waals surface area contributed by atoms with Crippen molar-refractivity contribution < 1.29 is 13.6 Å². The Kier molecular flexibility index (Phi) is 8.52. The van der Waals surface area contributed by atoms with E-state index >= 15 is 4.39 Å². The van der Waals surface area contributed by atoms with Gasteiger partial charge in [0.1, 0.15) is 17.5 Å². The van der Waals surface area contributed by atoms with Gasteiger partial charge in [-0.15, -0.1) is 11.8 Å². The Bertz CT molecular complexity index is 1650. The molecule has 0 saturated carbocycles. The lowest BCUT2D eigenvalue weighted by atomic mass is 9.97. The summed E-state index contributed by atoms with van der Waals surface area (Å²) in [5, 5.41) is 0.644. The Labute approximate surface area is 258 Å². The van der Waals surface area contributed by atoms with Crippen LogP contribution >= 0.6 is 23.4 Å². The highest BCUT2D eigenvalue weighted by Crippen LogP contribution is 2.45. The van der Waals surface area contributed by atoms with Gasteiger partial charge in [0.2, 0.25) is 5.91 Å². The van der Waals surface area contributed by atoms with Crippen molar-refractivity contribution in [2.75, 3.05) is 69.6 Å². The topological polar surface area (TPSA) is 64.9 Å². The maximum atomic E-state index is 15.4. The molecule has 0 radical (unpaired) electrons. The molecule has 3 aromatic rings. The fourth-order valence-corrected chi connectivity index (χ4v) is 8.11. The van der Waals surface area contributed by atoms with Gasteiger partial charge in [-0.1, -0.05) is 25.1 Å². The summed E-state index contributed by atoms with van der Waals surface area (Å²) in [5.74, 6) is -0.380. The number of hydrogen-bond acceptors (Lipinski definition) is 7. The van der Waals surface area contributed by atoms with Gasteiger partial charge < -0.3 is 14.7 Å². The van der Waals surface area contributed by atoms with Crippen LogP contribution in [0.4, 0.5) is 14.6 Å². The zero-order chi connectivity index (χ0) is 30.4. The minimum absolute atomic E-state index is 0.0771. The molecular formula is C31H35ClF2N6O2S. The van der Waals surface area contributed by atoms with Crippen molar-refractivity contribution in [3.63, 3.8) is 0 Å². The number of halogens is 3. The van der Waals surface area contributed by atoms with Crippen LogP contribution in [0.15, 0.2) is 40.5 Å². The van der Waals surface area contributed by atoms with Gasteiger partial charge in [-0.3, -0.25) is 14.3 Å². The average molecular weight is 629 g/mol. The van der Waals surface area contributed by atoms with Crippen LogP contribution in [0.1, 0.15) is 12.5 Å². The van der Waals surface area contributed by atoms with Gasteiger partial charge in [-0.25, -0.2) is 13.6 Å².